The van der Waals surface area contributed by atoms with Crippen molar-refractivity contribution in [2.45, 2.75) is 18.6 Å². The van der Waals surface area contributed by atoms with Gasteiger partial charge in [0.25, 0.3) is 0 Å². The molecule has 2 rings (SSSR count). The highest BCUT2D eigenvalue weighted by Gasteiger charge is 2.21. The summed E-state index contributed by atoms with van der Waals surface area (Å²) in [6.45, 7) is 0. The molecule has 60 valence electrons. The van der Waals surface area contributed by atoms with Crippen LogP contribution in [0.2, 0.25) is 0 Å². The van der Waals surface area contributed by atoms with Crippen molar-refractivity contribution in [2.75, 3.05) is 0 Å². The minimum Gasteiger partial charge on any atom is -0.367 e. The summed E-state index contributed by atoms with van der Waals surface area (Å²) in [5.41, 5.74) is 13.0. The summed E-state index contributed by atoms with van der Waals surface area (Å²) in [5.74, 6) is 0. The Kier molecular flexibility index (Phi) is 1.65. The van der Waals surface area contributed by atoms with E-state index in [-0.39, 0.29) is 6.17 Å². The third-order valence-electron chi connectivity index (χ3n) is 1.96. The predicted octanol–water partition coefficient (Wildman–Crippen LogP) is -0.162. The van der Waals surface area contributed by atoms with Crippen LogP contribution in [-0.4, -0.2) is 11.1 Å². The minimum atomic E-state index is 0.0786. The molecular formula is C7H12N4. The predicted molar refractivity (Wildman–Crippen MR) is 42.4 cm³/mol. The topological polar surface area (TPSA) is 65.9 Å². The van der Waals surface area contributed by atoms with Gasteiger partial charge in [-0.1, -0.05) is 0 Å². The lowest BCUT2D eigenvalue weighted by molar-refractivity contribution is 0.552. The number of aromatic amines is 1. The van der Waals surface area contributed by atoms with E-state index in [1.165, 1.54) is 5.56 Å². The van der Waals surface area contributed by atoms with Crippen molar-refractivity contribution in [2.24, 2.45) is 5.73 Å². The van der Waals surface area contributed by atoms with Crippen molar-refractivity contribution in [3.63, 3.8) is 0 Å². The van der Waals surface area contributed by atoms with Gasteiger partial charge in [0, 0.05) is 12.4 Å². The molecule has 2 heterocycles. The first-order valence-corrected chi connectivity index (χ1v) is 3.75. The van der Waals surface area contributed by atoms with Crippen LogP contribution in [0.3, 0.4) is 0 Å². The zero-order valence-electron chi connectivity index (χ0n) is 6.17. The second-order valence-electron chi connectivity index (χ2n) is 2.83. The third-order valence-corrected chi connectivity index (χ3v) is 1.96. The van der Waals surface area contributed by atoms with Gasteiger partial charge in [-0.15, -0.1) is 0 Å². The quantitative estimate of drug-likeness (QED) is 0.452. The molecule has 1 aliphatic rings. The van der Waals surface area contributed by atoms with Crippen LogP contribution in [0.15, 0.2) is 18.5 Å². The number of hydrogen-bond donors (Lipinski definition) is 4. The molecule has 11 heavy (non-hydrogen) atoms. The second kappa shape index (κ2) is 2.65. The molecule has 1 aliphatic heterocycles. The van der Waals surface area contributed by atoms with Gasteiger partial charge in [0.1, 0.15) is 0 Å². The highest BCUT2D eigenvalue weighted by molar-refractivity contribution is 5.15. The van der Waals surface area contributed by atoms with E-state index < -0.39 is 0 Å². The van der Waals surface area contributed by atoms with Gasteiger partial charge in [-0.25, -0.2) is 10.9 Å². The first kappa shape index (κ1) is 6.84. The molecule has 2 unspecified atom stereocenters. The van der Waals surface area contributed by atoms with Crippen LogP contribution in [0.4, 0.5) is 0 Å². The number of hydrazine groups is 1. The van der Waals surface area contributed by atoms with Crippen molar-refractivity contribution in [3.05, 3.63) is 24.0 Å². The van der Waals surface area contributed by atoms with Crippen molar-refractivity contribution in [1.29, 1.82) is 0 Å². The lowest BCUT2D eigenvalue weighted by Crippen LogP contribution is -2.36. The third kappa shape index (κ3) is 1.28. The molecule has 0 radical (unpaired) electrons. The lowest BCUT2D eigenvalue weighted by Gasteiger charge is -2.04. The number of nitrogens with one attached hydrogen (secondary N) is 3. The maximum absolute atomic E-state index is 5.65. The summed E-state index contributed by atoms with van der Waals surface area (Å²) in [6, 6.07) is 2.41. The maximum atomic E-state index is 5.65. The number of aromatic nitrogens is 1. The van der Waals surface area contributed by atoms with Crippen LogP contribution in [0.5, 0.6) is 0 Å². The largest absolute Gasteiger partial charge is 0.367 e. The number of nitrogens with two attached hydrogens (primary N) is 1. The Labute approximate surface area is 65.1 Å². The van der Waals surface area contributed by atoms with E-state index in [2.05, 4.69) is 21.9 Å². The van der Waals surface area contributed by atoms with Gasteiger partial charge in [0.15, 0.2) is 0 Å². The van der Waals surface area contributed by atoms with Crippen LogP contribution in [0, 0.1) is 0 Å². The smallest absolute Gasteiger partial charge is 0.0698 e. The molecule has 0 bridgehead atoms. The molecule has 1 saturated heterocycles. The average Bonchev–Trinajstić information content (AvgIpc) is 2.55. The van der Waals surface area contributed by atoms with Crippen LogP contribution in [0.1, 0.15) is 18.0 Å². The molecule has 2 atom stereocenters. The molecule has 0 spiro atoms. The molecular weight excluding hydrogens is 140 g/mol. The van der Waals surface area contributed by atoms with Gasteiger partial charge < -0.3 is 10.7 Å². The van der Waals surface area contributed by atoms with Crippen LogP contribution < -0.4 is 16.6 Å². The summed E-state index contributed by atoms with van der Waals surface area (Å²) >= 11 is 0. The number of hydrogen-bond acceptors (Lipinski definition) is 3. The van der Waals surface area contributed by atoms with E-state index in [9.17, 15) is 0 Å². The van der Waals surface area contributed by atoms with Crippen LogP contribution in [-0.2, 0) is 0 Å². The van der Waals surface area contributed by atoms with E-state index in [0.717, 1.165) is 6.42 Å². The molecule has 0 aliphatic carbocycles. The number of H-pyrrole nitrogens is 1. The van der Waals surface area contributed by atoms with E-state index in [0.29, 0.717) is 6.04 Å². The molecule has 1 aromatic heterocycles. The highest BCUT2D eigenvalue weighted by Crippen LogP contribution is 2.18. The first-order valence-electron chi connectivity index (χ1n) is 3.75. The monoisotopic (exact) mass is 152 g/mol. The molecule has 0 saturated carbocycles. The Bertz CT molecular complexity index is 218. The Hall–Kier alpha value is -0.840. The fourth-order valence-electron chi connectivity index (χ4n) is 1.35. The molecule has 1 fully saturated rings. The minimum absolute atomic E-state index is 0.0786. The molecule has 4 nitrogen and oxygen atoms in total. The van der Waals surface area contributed by atoms with Crippen molar-refractivity contribution in [1.82, 2.24) is 15.8 Å². The molecule has 4 heteroatoms. The Morgan fingerprint density at radius 3 is 2.91 bits per heavy atom. The molecule has 0 aromatic carbocycles. The lowest BCUT2D eigenvalue weighted by atomic mass is 10.1. The van der Waals surface area contributed by atoms with Crippen molar-refractivity contribution in [3.8, 4) is 0 Å². The fraction of sp³-hybridized carbons (Fsp3) is 0.429. The van der Waals surface area contributed by atoms with E-state index in [1.807, 2.05) is 12.4 Å². The van der Waals surface area contributed by atoms with Crippen molar-refractivity contribution < 1.29 is 0 Å². The summed E-state index contributed by atoms with van der Waals surface area (Å²) in [6.07, 6.45) is 4.92. The van der Waals surface area contributed by atoms with Gasteiger partial charge in [-0.05, 0) is 18.1 Å². The zero-order valence-corrected chi connectivity index (χ0v) is 6.17. The van der Waals surface area contributed by atoms with E-state index in [1.54, 1.807) is 0 Å². The standard InChI is InChI=1S/C7H12N4/c8-7-3-6(10-11-7)5-1-2-9-4-5/h1-2,4,6-7,9-11H,3,8H2. The average molecular weight is 152 g/mol. The summed E-state index contributed by atoms with van der Waals surface area (Å²) < 4.78 is 0. The molecule has 1 aromatic rings. The Morgan fingerprint density at radius 1 is 1.45 bits per heavy atom. The summed E-state index contributed by atoms with van der Waals surface area (Å²) in [5, 5.41) is 0. The van der Waals surface area contributed by atoms with Gasteiger partial charge >= 0.3 is 0 Å². The normalized spacial score (nSPS) is 31.0. The Morgan fingerprint density at radius 2 is 2.36 bits per heavy atom. The second-order valence-corrected chi connectivity index (χ2v) is 2.83. The van der Waals surface area contributed by atoms with E-state index in [4.69, 9.17) is 5.73 Å². The summed E-state index contributed by atoms with van der Waals surface area (Å²) in [4.78, 5) is 3.01. The Balaban J connectivity index is 2.08. The zero-order chi connectivity index (χ0) is 7.68. The maximum Gasteiger partial charge on any atom is 0.0698 e. The van der Waals surface area contributed by atoms with Crippen molar-refractivity contribution >= 4 is 0 Å². The first-order chi connectivity index (χ1) is 5.36. The fourth-order valence-corrected chi connectivity index (χ4v) is 1.35. The van der Waals surface area contributed by atoms with Gasteiger partial charge in [0.05, 0.1) is 12.2 Å². The van der Waals surface area contributed by atoms with E-state index >= 15 is 0 Å². The van der Waals surface area contributed by atoms with Crippen LogP contribution in [0.25, 0.3) is 0 Å². The van der Waals surface area contributed by atoms with Crippen LogP contribution >= 0.6 is 0 Å². The van der Waals surface area contributed by atoms with Gasteiger partial charge in [-0.2, -0.15) is 0 Å². The SMILES string of the molecule is NC1CC(c2cc[nH]c2)NN1. The summed E-state index contributed by atoms with van der Waals surface area (Å²) in [7, 11) is 0. The highest BCUT2D eigenvalue weighted by atomic mass is 15.4. The van der Waals surface area contributed by atoms with Gasteiger partial charge in [0.2, 0.25) is 0 Å². The molecule has 5 N–H and O–H groups in total. The molecule has 0 amide bonds. The van der Waals surface area contributed by atoms with Gasteiger partial charge in [-0.3, -0.25) is 0 Å². The number of rotatable bonds is 1.